The maximum Gasteiger partial charge on any atom is 0.309 e. The van der Waals surface area contributed by atoms with Gasteiger partial charge in [0.15, 0.2) is 0 Å². The number of rotatable bonds is 1. The summed E-state index contributed by atoms with van der Waals surface area (Å²) in [5.74, 6) is 2.55. The number of carbonyl (C=O) groups excluding carboxylic acids is 1. The zero-order valence-corrected chi connectivity index (χ0v) is 7.62. The molecule has 0 aromatic rings. The fourth-order valence-corrected chi connectivity index (χ4v) is 4.14. The first-order chi connectivity index (χ1) is 5.75. The van der Waals surface area contributed by atoms with Crippen LogP contribution in [-0.2, 0) is 9.53 Å². The van der Waals surface area contributed by atoms with Gasteiger partial charge in [0.2, 0.25) is 0 Å². The van der Waals surface area contributed by atoms with Crippen LogP contribution in [0.1, 0.15) is 6.42 Å². The highest BCUT2D eigenvalue weighted by Gasteiger charge is 2.75. The largest absolute Gasteiger partial charge is 0.469 e. The Morgan fingerprint density at radius 2 is 2.17 bits per heavy atom. The summed E-state index contributed by atoms with van der Waals surface area (Å²) in [4.78, 5) is 11.4. The Morgan fingerprint density at radius 1 is 1.42 bits per heavy atom. The highest BCUT2D eigenvalue weighted by atomic mass is 35.5. The van der Waals surface area contributed by atoms with Crippen molar-refractivity contribution in [1.82, 2.24) is 0 Å². The van der Waals surface area contributed by atoms with Crippen LogP contribution in [-0.4, -0.2) is 18.5 Å². The zero-order chi connectivity index (χ0) is 8.46. The second-order valence-electron chi connectivity index (χ2n) is 4.21. The van der Waals surface area contributed by atoms with Crippen molar-refractivity contribution in [2.75, 3.05) is 7.11 Å². The average molecular weight is 187 g/mol. The van der Waals surface area contributed by atoms with Gasteiger partial charge in [0.25, 0.3) is 0 Å². The van der Waals surface area contributed by atoms with E-state index in [1.54, 1.807) is 0 Å². The highest BCUT2D eigenvalue weighted by molar-refractivity contribution is 6.22. The van der Waals surface area contributed by atoms with Gasteiger partial charge in [-0.15, -0.1) is 11.6 Å². The van der Waals surface area contributed by atoms with Crippen LogP contribution in [0.4, 0.5) is 0 Å². The molecule has 4 aliphatic rings. The van der Waals surface area contributed by atoms with Crippen molar-refractivity contribution in [3.05, 3.63) is 0 Å². The quantitative estimate of drug-likeness (QED) is 0.456. The molecule has 4 bridgehead atoms. The van der Waals surface area contributed by atoms with E-state index in [1.165, 1.54) is 13.5 Å². The molecule has 2 unspecified atom stereocenters. The van der Waals surface area contributed by atoms with E-state index in [1.807, 2.05) is 0 Å². The van der Waals surface area contributed by atoms with Crippen molar-refractivity contribution in [2.24, 2.45) is 29.6 Å². The molecule has 0 aliphatic heterocycles. The Labute approximate surface area is 76.2 Å². The third-order valence-electron chi connectivity index (χ3n) is 3.96. The molecular weight excluding hydrogens is 176 g/mol. The van der Waals surface area contributed by atoms with E-state index < -0.39 is 0 Å². The van der Waals surface area contributed by atoms with Crippen LogP contribution in [0.5, 0.6) is 0 Å². The number of ether oxygens (including phenoxy) is 1. The van der Waals surface area contributed by atoms with Crippen molar-refractivity contribution in [3.8, 4) is 0 Å². The number of hydrogen-bond donors (Lipinski definition) is 0. The van der Waals surface area contributed by atoms with Gasteiger partial charge in [-0.1, -0.05) is 0 Å². The molecule has 4 aliphatic carbocycles. The molecular formula is C9H11ClO2. The van der Waals surface area contributed by atoms with E-state index in [9.17, 15) is 4.79 Å². The van der Waals surface area contributed by atoms with E-state index in [4.69, 9.17) is 16.3 Å². The first-order valence-electron chi connectivity index (χ1n) is 4.47. The predicted molar refractivity (Wildman–Crippen MR) is 43.7 cm³/mol. The van der Waals surface area contributed by atoms with Gasteiger partial charge in [0.05, 0.1) is 13.0 Å². The Kier molecular flexibility index (Phi) is 1.19. The lowest BCUT2D eigenvalue weighted by Crippen LogP contribution is -2.22. The topological polar surface area (TPSA) is 26.3 Å². The molecule has 0 amide bonds. The minimum atomic E-state index is -0.0295. The molecule has 0 spiro atoms. The molecule has 0 radical (unpaired) electrons. The molecule has 3 heteroatoms. The SMILES string of the molecule is COC(=O)[C@H]1C2C3[C@H]2C[C@@H]1[C@H]3Cl. The van der Waals surface area contributed by atoms with Crippen molar-refractivity contribution < 1.29 is 9.53 Å². The minimum absolute atomic E-state index is 0.0295. The van der Waals surface area contributed by atoms with Gasteiger partial charge in [-0.2, -0.15) is 0 Å². The van der Waals surface area contributed by atoms with Gasteiger partial charge in [0.1, 0.15) is 0 Å². The second-order valence-corrected chi connectivity index (χ2v) is 4.72. The van der Waals surface area contributed by atoms with Crippen LogP contribution in [0, 0.1) is 29.6 Å². The van der Waals surface area contributed by atoms with Crippen LogP contribution in [0.2, 0.25) is 0 Å². The van der Waals surface area contributed by atoms with Crippen LogP contribution in [0.15, 0.2) is 0 Å². The van der Waals surface area contributed by atoms with E-state index >= 15 is 0 Å². The first-order valence-corrected chi connectivity index (χ1v) is 4.91. The van der Waals surface area contributed by atoms with E-state index in [-0.39, 0.29) is 17.3 Å². The van der Waals surface area contributed by atoms with Crippen LogP contribution >= 0.6 is 11.6 Å². The molecule has 0 heterocycles. The zero-order valence-electron chi connectivity index (χ0n) is 6.87. The van der Waals surface area contributed by atoms with Crippen molar-refractivity contribution in [1.29, 1.82) is 0 Å². The summed E-state index contributed by atoms with van der Waals surface area (Å²) < 4.78 is 4.78. The summed E-state index contributed by atoms with van der Waals surface area (Å²) in [5, 5.41) is 0.268. The predicted octanol–water partition coefficient (Wildman–Crippen LogP) is 1.28. The molecule has 4 fully saturated rings. The van der Waals surface area contributed by atoms with E-state index in [0.29, 0.717) is 17.8 Å². The van der Waals surface area contributed by atoms with Crippen LogP contribution in [0.3, 0.4) is 0 Å². The lowest BCUT2D eigenvalue weighted by molar-refractivity contribution is -0.146. The second kappa shape index (κ2) is 1.98. The van der Waals surface area contributed by atoms with Gasteiger partial charge in [-0.3, -0.25) is 4.79 Å². The third kappa shape index (κ3) is 0.586. The average Bonchev–Trinajstić information content (AvgIpc) is 2.42. The molecule has 66 valence electrons. The lowest BCUT2D eigenvalue weighted by Gasteiger charge is -2.13. The van der Waals surface area contributed by atoms with E-state index in [2.05, 4.69) is 0 Å². The van der Waals surface area contributed by atoms with E-state index in [0.717, 1.165) is 5.92 Å². The fraction of sp³-hybridized carbons (Fsp3) is 0.889. The normalized spacial score (nSPS) is 58.8. The lowest BCUT2D eigenvalue weighted by atomic mass is 9.98. The van der Waals surface area contributed by atoms with Gasteiger partial charge in [0, 0.05) is 5.38 Å². The first kappa shape index (κ1) is 7.19. The van der Waals surface area contributed by atoms with Gasteiger partial charge in [-0.05, 0) is 30.1 Å². The Balaban J connectivity index is 1.89. The standard InChI is InChI=1S/C9H11ClO2/c1-12-9(11)7-4-2-3-5(7)6(3)8(4)10/h3-8H,2H2,1H3/t3-,4-,5?,6?,7+,8+/m0/s1. The number of carbonyl (C=O) groups is 1. The molecule has 4 saturated carbocycles. The molecule has 2 nitrogen and oxygen atoms in total. The molecule has 0 saturated heterocycles. The van der Waals surface area contributed by atoms with Gasteiger partial charge >= 0.3 is 5.97 Å². The van der Waals surface area contributed by atoms with Crippen molar-refractivity contribution in [3.63, 3.8) is 0 Å². The summed E-state index contributed by atoms with van der Waals surface area (Å²) in [5.41, 5.74) is 0. The van der Waals surface area contributed by atoms with Crippen LogP contribution in [0.25, 0.3) is 0 Å². The molecule has 12 heavy (non-hydrogen) atoms. The highest BCUT2D eigenvalue weighted by Crippen LogP contribution is 2.74. The van der Waals surface area contributed by atoms with Gasteiger partial charge < -0.3 is 4.74 Å². The number of halogens is 1. The Morgan fingerprint density at radius 3 is 2.50 bits per heavy atom. The molecule has 0 aromatic carbocycles. The monoisotopic (exact) mass is 186 g/mol. The van der Waals surface area contributed by atoms with Crippen molar-refractivity contribution >= 4 is 17.6 Å². The smallest absolute Gasteiger partial charge is 0.309 e. The summed E-state index contributed by atoms with van der Waals surface area (Å²) in [6.45, 7) is 0. The fourth-order valence-electron chi connectivity index (χ4n) is 3.52. The Hall–Kier alpha value is -0.240. The maximum atomic E-state index is 11.4. The molecule has 6 atom stereocenters. The van der Waals surface area contributed by atoms with Gasteiger partial charge in [-0.25, -0.2) is 0 Å². The number of methoxy groups -OCH3 is 1. The molecule has 0 N–H and O–H groups in total. The number of hydrogen-bond acceptors (Lipinski definition) is 2. The summed E-state index contributed by atoms with van der Waals surface area (Å²) in [7, 11) is 1.47. The number of alkyl halides is 1. The maximum absolute atomic E-state index is 11.4. The number of esters is 1. The summed E-state index contributed by atoms with van der Waals surface area (Å²) in [6, 6.07) is 0. The summed E-state index contributed by atoms with van der Waals surface area (Å²) >= 11 is 6.18. The van der Waals surface area contributed by atoms with Crippen molar-refractivity contribution in [2.45, 2.75) is 11.8 Å². The minimum Gasteiger partial charge on any atom is -0.469 e. The third-order valence-corrected chi connectivity index (χ3v) is 4.58. The van der Waals surface area contributed by atoms with Crippen LogP contribution < -0.4 is 0 Å². The molecule has 4 rings (SSSR count). The molecule has 0 aromatic heterocycles. The Bertz CT molecular complexity index is 253. The summed E-state index contributed by atoms with van der Waals surface area (Å²) in [6.07, 6.45) is 1.17.